The van der Waals surface area contributed by atoms with Crippen molar-refractivity contribution in [3.05, 3.63) is 63.5 Å². The van der Waals surface area contributed by atoms with E-state index < -0.39 is 4.92 Å². The Morgan fingerprint density at radius 3 is 2.47 bits per heavy atom. The predicted octanol–water partition coefficient (Wildman–Crippen LogP) is 2.80. The van der Waals surface area contributed by atoms with E-state index in [0.29, 0.717) is 44.0 Å². The second-order valence-corrected chi connectivity index (χ2v) is 7.45. The summed E-state index contributed by atoms with van der Waals surface area (Å²) in [7, 11) is 0. The fourth-order valence-electron chi connectivity index (χ4n) is 3.85. The number of piperazine rings is 1. The number of hydrogen-bond donors (Lipinski definition) is 0. The number of benzene rings is 1. The molecule has 2 aromatic heterocycles. The normalized spacial score (nSPS) is 14.3. The number of furan rings is 1. The van der Waals surface area contributed by atoms with E-state index in [0.717, 1.165) is 16.8 Å². The maximum atomic E-state index is 13.3. The molecule has 2 amide bonds. The minimum atomic E-state index is -0.433. The first-order chi connectivity index (χ1) is 14.3. The van der Waals surface area contributed by atoms with Crippen LogP contribution in [0.2, 0.25) is 0 Å². The lowest BCUT2D eigenvalue weighted by molar-refractivity contribution is -0.384. The van der Waals surface area contributed by atoms with Gasteiger partial charge in [-0.3, -0.25) is 19.7 Å². The Balaban J connectivity index is 1.66. The number of fused-ring (bicyclic) bond motifs is 1. The van der Waals surface area contributed by atoms with Crippen molar-refractivity contribution in [1.82, 2.24) is 14.4 Å². The molecule has 0 N–H and O–H groups in total. The number of nitro groups is 1. The van der Waals surface area contributed by atoms with Gasteiger partial charge in [-0.05, 0) is 12.5 Å². The van der Waals surface area contributed by atoms with Gasteiger partial charge in [-0.1, -0.05) is 12.1 Å². The summed E-state index contributed by atoms with van der Waals surface area (Å²) in [5.41, 5.74) is 2.56. The van der Waals surface area contributed by atoms with Crippen molar-refractivity contribution < 1.29 is 18.9 Å². The molecule has 9 heteroatoms. The van der Waals surface area contributed by atoms with Crippen molar-refractivity contribution in [3.63, 3.8) is 0 Å². The summed E-state index contributed by atoms with van der Waals surface area (Å²) in [4.78, 5) is 39.0. The summed E-state index contributed by atoms with van der Waals surface area (Å²) in [5.74, 6) is 0.582. The molecule has 0 radical (unpaired) electrons. The topological polar surface area (TPSA) is 102 Å². The summed E-state index contributed by atoms with van der Waals surface area (Å²) >= 11 is 0. The highest BCUT2D eigenvalue weighted by atomic mass is 16.6. The summed E-state index contributed by atoms with van der Waals surface area (Å²) in [6, 6.07) is 9.97. The molecule has 0 spiro atoms. The first kappa shape index (κ1) is 19.7. The maximum Gasteiger partial charge on any atom is 0.270 e. The number of carbonyl (C=O) groups is 2. The molecule has 1 saturated heterocycles. The van der Waals surface area contributed by atoms with Crippen LogP contribution in [0.3, 0.4) is 0 Å². The van der Waals surface area contributed by atoms with Crippen LogP contribution in [0, 0.1) is 17.0 Å². The van der Waals surface area contributed by atoms with Crippen molar-refractivity contribution in [2.75, 3.05) is 26.2 Å². The number of hydrogen-bond acceptors (Lipinski definition) is 5. The zero-order valence-electron chi connectivity index (χ0n) is 16.8. The number of aromatic nitrogens is 1. The Hall–Kier alpha value is -3.62. The van der Waals surface area contributed by atoms with Gasteiger partial charge in [0.05, 0.1) is 10.4 Å². The SMILES string of the molecule is CC(=O)N1CCN(C(=O)c2cc3oc(C)cc3n2Cc2cccc([N+](=O)[O-])c2)CC1. The van der Waals surface area contributed by atoms with Crippen molar-refractivity contribution in [2.24, 2.45) is 0 Å². The van der Waals surface area contributed by atoms with Crippen molar-refractivity contribution in [1.29, 1.82) is 0 Å². The minimum Gasteiger partial charge on any atom is -0.460 e. The maximum absolute atomic E-state index is 13.3. The summed E-state index contributed by atoms with van der Waals surface area (Å²) in [6.45, 7) is 5.59. The highest BCUT2D eigenvalue weighted by Crippen LogP contribution is 2.27. The molecule has 4 rings (SSSR count). The lowest BCUT2D eigenvalue weighted by atomic mass is 10.2. The largest absolute Gasteiger partial charge is 0.460 e. The Kier molecular flexibility index (Phi) is 5.03. The number of non-ortho nitro benzene ring substituents is 1. The third-order valence-corrected chi connectivity index (χ3v) is 5.41. The molecular weight excluding hydrogens is 388 g/mol. The van der Waals surface area contributed by atoms with Crippen LogP contribution in [0.25, 0.3) is 11.1 Å². The second-order valence-electron chi connectivity index (χ2n) is 7.45. The molecular formula is C21H22N4O5. The lowest BCUT2D eigenvalue weighted by Crippen LogP contribution is -2.50. The van der Waals surface area contributed by atoms with E-state index in [9.17, 15) is 19.7 Å². The van der Waals surface area contributed by atoms with Crippen LogP contribution in [0.5, 0.6) is 0 Å². The second kappa shape index (κ2) is 7.66. The fourth-order valence-corrected chi connectivity index (χ4v) is 3.85. The Bertz CT molecular complexity index is 1140. The first-order valence-electron chi connectivity index (χ1n) is 9.71. The predicted molar refractivity (Wildman–Crippen MR) is 109 cm³/mol. The molecule has 1 aromatic carbocycles. The number of rotatable bonds is 4. The molecule has 1 aliphatic rings. The Morgan fingerprint density at radius 2 is 1.80 bits per heavy atom. The fraction of sp³-hybridized carbons (Fsp3) is 0.333. The highest BCUT2D eigenvalue weighted by Gasteiger charge is 2.27. The molecule has 0 saturated carbocycles. The van der Waals surface area contributed by atoms with E-state index in [4.69, 9.17) is 4.42 Å². The van der Waals surface area contributed by atoms with Gasteiger partial charge in [0, 0.05) is 63.9 Å². The van der Waals surface area contributed by atoms with Gasteiger partial charge in [-0.25, -0.2) is 0 Å². The lowest BCUT2D eigenvalue weighted by Gasteiger charge is -2.34. The first-order valence-corrected chi connectivity index (χ1v) is 9.71. The highest BCUT2D eigenvalue weighted by molar-refractivity contribution is 5.98. The molecule has 0 bridgehead atoms. The van der Waals surface area contributed by atoms with Crippen LogP contribution >= 0.6 is 0 Å². The summed E-state index contributed by atoms with van der Waals surface area (Å²) < 4.78 is 7.56. The molecule has 1 fully saturated rings. The van der Waals surface area contributed by atoms with Crippen LogP contribution in [0.15, 0.2) is 40.8 Å². The van der Waals surface area contributed by atoms with Crippen molar-refractivity contribution in [2.45, 2.75) is 20.4 Å². The molecule has 0 atom stereocenters. The Labute approximate surface area is 172 Å². The number of aryl methyl sites for hydroxylation is 1. The van der Waals surface area contributed by atoms with Gasteiger partial charge < -0.3 is 18.8 Å². The molecule has 3 heterocycles. The van der Waals surface area contributed by atoms with E-state index >= 15 is 0 Å². The van der Waals surface area contributed by atoms with Crippen LogP contribution in [0.4, 0.5) is 5.69 Å². The van der Waals surface area contributed by atoms with E-state index in [1.54, 1.807) is 28.0 Å². The smallest absolute Gasteiger partial charge is 0.270 e. The van der Waals surface area contributed by atoms with Crippen molar-refractivity contribution >= 4 is 28.6 Å². The van der Waals surface area contributed by atoms with Gasteiger partial charge in [0.2, 0.25) is 5.91 Å². The third kappa shape index (κ3) is 3.66. The molecule has 0 aliphatic carbocycles. The minimum absolute atomic E-state index is 0.00383. The standard InChI is InChI=1S/C21H22N4O5/c1-14-10-18-20(30-14)12-19(21(27)23-8-6-22(7-9-23)15(2)26)24(18)13-16-4-3-5-17(11-16)25(28)29/h3-5,10-12H,6-9,13H2,1-2H3. The van der Waals surface area contributed by atoms with Crippen LogP contribution in [0.1, 0.15) is 28.7 Å². The average molecular weight is 410 g/mol. The monoisotopic (exact) mass is 410 g/mol. The van der Waals surface area contributed by atoms with Crippen LogP contribution < -0.4 is 0 Å². The van der Waals surface area contributed by atoms with Gasteiger partial charge >= 0.3 is 0 Å². The molecule has 156 valence electrons. The van der Waals surface area contributed by atoms with Crippen LogP contribution in [-0.4, -0.2) is 57.3 Å². The quantitative estimate of drug-likeness (QED) is 0.486. The number of nitrogens with zero attached hydrogens (tertiary/aromatic N) is 4. The third-order valence-electron chi connectivity index (χ3n) is 5.41. The molecule has 3 aromatic rings. The molecule has 30 heavy (non-hydrogen) atoms. The van der Waals surface area contributed by atoms with Gasteiger partial charge in [0.25, 0.3) is 11.6 Å². The summed E-state index contributed by atoms with van der Waals surface area (Å²) in [5, 5.41) is 11.1. The summed E-state index contributed by atoms with van der Waals surface area (Å²) in [6.07, 6.45) is 0. The van der Waals surface area contributed by atoms with E-state index in [2.05, 4.69) is 0 Å². The molecule has 9 nitrogen and oxygen atoms in total. The zero-order chi connectivity index (χ0) is 21.4. The number of amides is 2. The van der Waals surface area contributed by atoms with E-state index in [-0.39, 0.29) is 17.5 Å². The average Bonchev–Trinajstić information content (AvgIpc) is 3.24. The van der Waals surface area contributed by atoms with Gasteiger partial charge in [-0.15, -0.1) is 0 Å². The Morgan fingerprint density at radius 1 is 1.10 bits per heavy atom. The number of carbonyl (C=O) groups excluding carboxylic acids is 2. The van der Waals surface area contributed by atoms with Crippen molar-refractivity contribution in [3.8, 4) is 0 Å². The van der Waals surface area contributed by atoms with Gasteiger partial charge in [0.15, 0.2) is 5.58 Å². The van der Waals surface area contributed by atoms with Gasteiger partial charge in [0.1, 0.15) is 11.5 Å². The van der Waals surface area contributed by atoms with Crippen LogP contribution in [-0.2, 0) is 11.3 Å². The van der Waals surface area contributed by atoms with E-state index in [1.165, 1.54) is 19.1 Å². The van der Waals surface area contributed by atoms with Gasteiger partial charge in [-0.2, -0.15) is 0 Å². The van der Waals surface area contributed by atoms with E-state index in [1.807, 2.05) is 17.6 Å². The molecule has 0 unspecified atom stereocenters. The number of nitro benzene ring substituents is 1. The zero-order valence-corrected chi connectivity index (χ0v) is 16.8. The molecule has 1 aliphatic heterocycles.